The van der Waals surface area contributed by atoms with Gasteiger partial charge in [-0.15, -0.1) is 0 Å². The maximum Gasteiger partial charge on any atom is 0.300 e. The Morgan fingerprint density at radius 1 is 0.893 bits per heavy atom. The van der Waals surface area contributed by atoms with Crippen LogP contribution in [0.5, 0.6) is 11.5 Å². The standard InChI is InChI=1S/C18H18F4O5S/c19-13-15(21)18(28(23,24)25)16(22)14(20)17(13)27-12-8-6-11(7-9-12)26-10-4-2-1-3-5-10/h6-10,13,17H,1-5H2,(H,23,24,25). The predicted molar refractivity (Wildman–Crippen MR) is 92.2 cm³/mol. The SMILES string of the molecule is O=S(=O)(O)C1=C(F)C(F)C(Oc2ccc(OC3CCCCC3)cc2)C(F)=C1F. The molecule has 1 N–H and O–H groups in total. The molecule has 1 aromatic carbocycles. The number of allylic oxidation sites excluding steroid dienone is 1. The van der Waals surface area contributed by atoms with Crippen molar-refractivity contribution in [2.45, 2.75) is 50.5 Å². The minimum absolute atomic E-state index is 0.0849. The zero-order valence-electron chi connectivity index (χ0n) is 14.6. The van der Waals surface area contributed by atoms with Gasteiger partial charge < -0.3 is 9.47 Å². The van der Waals surface area contributed by atoms with Crippen molar-refractivity contribution in [1.29, 1.82) is 0 Å². The number of hydrogen-bond acceptors (Lipinski definition) is 4. The Balaban J connectivity index is 1.74. The third-order valence-electron chi connectivity index (χ3n) is 4.58. The molecule has 0 heterocycles. The van der Waals surface area contributed by atoms with Crippen molar-refractivity contribution in [3.63, 3.8) is 0 Å². The molecule has 0 aliphatic heterocycles. The van der Waals surface area contributed by atoms with Crippen LogP contribution in [0, 0.1) is 0 Å². The summed E-state index contributed by atoms with van der Waals surface area (Å²) >= 11 is 0. The van der Waals surface area contributed by atoms with Crippen LogP contribution in [0.4, 0.5) is 17.6 Å². The number of halogens is 4. The van der Waals surface area contributed by atoms with Gasteiger partial charge >= 0.3 is 0 Å². The van der Waals surface area contributed by atoms with Crippen LogP contribution in [0.3, 0.4) is 0 Å². The van der Waals surface area contributed by atoms with Crippen molar-refractivity contribution in [2.75, 3.05) is 0 Å². The molecule has 5 nitrogen and oxygen atoms in total. The van der Waals surface area contributed by atoms with E-state index in [1.165, 1.54) is 30.7 Å². The molecule has 3 rings (SSSR count). The average Bonchev–Trinajstić information content (AvgIpc) is 2.65. The minimum Gasteiger partial charge on any atom is -0.490 e. The third kappa shape index (κ3) is 4.33. The van der Waals surface area contributed by atoms with Crippen LogP contribution < -0.4 is 9.47 Å². The molecule has 154 valence electrons. The lowest BCUT2D eigenvalue weighted by Gasteiger charge is -2.25. The van der Waals surface area contributed by atoms with Crippen LogP contribution in [0.1, 0.15) is 32.1 Å². The molecule has 2 aliphatic carbocycles. The van der Waals surface area contributed by atoms with Crippen molar-refractivity contribution in [3.8, 4) is 11.5 Å². The summed E-state index contributed by atoms with van der Waals surface area (Å²) in [7, 11) is -5.49. The molecule has 0 saturated heterocycles. The lowest BCUT2D eigenvalue weighted by molar-refractivity contribution is 0.106. The normalized spacial score (nSPS) is 24.5. The molecule has 0 radical (unpaired) electrons. The molecule has 1 saturated carbocycles. The third-order valence-corrected chi connectivity index (χ3v) is 5.47. The van der Waals surface area contributed by atoms with Crippen LogP contribution in [0.2, 0.25) is 0 Å². The second kappa shape index (κ2) is 8.12. The largest absolute Gasteiger partial charge is 0.490 e. The molecular weight excluding hydrogens is 404 g/mol. The van der Waals surface area contributed by atoms with Crippen molar-refractivity contribution >= 4 is 10.1 Å². The van der Waals surface area contributed by atoms with Gasteiger partial charge in [0.05, 0.1) is 6.10 Å². The molecule has 1 aromatic rings. The number of benzene rings is 1. The molecule has 10 heteroatoms. The highest BCUT2D eigenvalue weighted by molar-refractivity contribution is 7.90. The maximum absolute atomic E-state index is 14.1. The number of hydrogen-bond donors (Lipinski definition) is 1. The van der Waals surface area contributed by atoms with Gasteiger partial charge in [-0.1, -0.05) is 6.42 Å². The van der Waals surface area contributed by atoms with Gasteiger partial charge in [-0.2, -0.15) is 8.42 Å². The Hall–Kier alpha value is -2.07. The fraction of sp³-hybridized carbons (Fsp3) is 0.444. The van der Waals surface area contributed by atoms with E-state index in [9.17, 15) is 26.0 Å². The number of rotatable bonds is 5. The molecule has 0 spiro atoms. The summed E-state index contributed by atoms with van der Waals surface area (Å²) < 4.78 is 97.3. The second-order valence-corrected chi connectivity index (χ2v) is 7.96. The monoisotopic (exact) mass is 422 g/mol. The van der Waals surface area contributed by atoms with Crippen molar-refractivity contribution in [2.24, 2.45) is 0 Å². The smallest absolute Gasteiger partial charge is 0.300 e. The van der Waals surface area contributed by atoms with E-state index in [1.807, 2.05) is 0 Å². The van der Waals surface area contributed by atoms with Gasteiger partial charge in [-0.3, -0.25) is 4.55 Å². The zero-order valence-corrected chi connectivity index (χ0v) is 15.4. The molecule has 0 amide bonds. The van der Waals surface area contributed by atoms with Crippen LogP contribution in [-0.4, -0.2) is 31.4 Å². The van der Waals surface area contributed by atoms with E-state index in [0.717, 1.165) is 25.7 Å². The maximum atomic E-state index is 14.1. The van der Waals surface area contributed by atoms with E-state index in [4.69, 9.17) is 14.0 Å². The topological polar surface area (TPSA) is 72.8 Å². The number of ether oxygens (including phenoxy) is 2. The van der Waals surface area contributed by atoms with Gasteiger partial charge in [0.2, 0.25) is 0 Å². The Morgan fingerprint density at radius 2 is 1.43 bits per heavy atom. The lowest BCUT2D eigenvalue weighted by atomic mass is 9.98. The Labute approximate surface area is 159 Å². The first kappa shape index (κ1) is 20.7. The molecule has 0 aromatic heterocycles. The molecule has 2 aliphatic rings. The molecule has 2 atom stereocenters. The van der Waals surface area contributed by atoms with Gasteiger partial charge in [0.25, 0.3) is 10.1 Å². The fourth-order valence-electron chi connectivity index (χ4n) is 3.19. The molecule has 0 bridgehead atoms. The first-order valence-electron chi connectivity index (χ1n) is 8.68. The Kier molecular flexibility index (Phi) is 5.99. The molecular formula is C18H18F4O5S. The highest BCUT2D eigenvalue weighted by Gasteiger charge is 2.45. The summed E-state index contributed by atoms with van der Waals surface area (Å²) in [4.78, 5) is -2.06. The Bertz CT molecular complexity index is 889. The fourth-order valence-corrected chi connectivity index (χ4v) is 3.87. The van der Waals surface area contributed by atoms with E-state index in [-0.39, 0.29) is 11.9 Å². The van der Waals surface area contributed by atoms with Crippen LogP contribution in [0.25, 0.3) is 0 Å². The summed E-state index contributed by atoms with van der Waals surface area (Å²) in [5.74, 6) is -5.94. The van der Waals surface area contributed by atoms with Crippen molar-refractivity contribution in [3.05, 3.63) is 46.7 Å². The van der Waals surface area contributed by atoms with E-state index in [0.29, 0.717) is 5.75 Å². The van der Waals surface area contributed by atoms with E-state index in [1.54, 1.807) is 0 Å². The van der Waals surface area contributed by atoms with E-state index < -0.39 is 44.8 Å². The van der Waals surface area contributed by atoms with Crippen LogP contribution >= 0.6 is 0 Å². The van der Waals surface area contributed by atoms with Gasteiger partial charge in [-0.05, 0) is 49.9 Å². The summed E-state index contributed by atoms with van der Waals surface area (Å²) in [5, 5.41) is 0. The van der Waals surface area contributed by atoms with Crippen molar-refractivity contribution in [1.82, 2.24) is 0 Å². The summed E-state index contributed by atoms with van der Waals surface area (Å²) in [6, 6.07) is 5.62. The molecule has 28 heavy (non-hydrogen) atoms. The average molecular weight is 422 g/mol. The summed E-state index contributed by atoms with van der Waals surface area (Å²) in [6.45, 7) is 0. The van der Waals surface area contributed by atoms with Gasteiger partial charge in [0, 0.05) is 0 Å². The van der Waals surface area contributed by atoms with Crippen molar-refractivity contribution < 1.29 is 40.0 Å². The van der Waals surface area contributed by atoms with Crippen LogP contribution in [0.15, 0.2) is 46.7 Å². The second-order valence-electron chi connectivity index (χ2n) is 6.60. The zero-order chi connectivity index (χ0) is 20.5. The molecule has 2 unspecified atom stereocenters. The van der Waals surface area contributed by atoms with E-state index in [2.05, 4.69) is 0 Å². The Morgan fingerprint density at radius 3 is 1.96 bits per heavy atom. The quantitative estimate of drug-likeness (QED) is 0.549. The summed E-state index contributed by atoms with van der Waals surface area (Å²) in [5.41, 5.74) is 0. The predicted octanol–water partition coefficient (Wildman–Crippen LogP) is 4.72. The van der Waals surface area contributed by atoms with Gasteiger partial charge in [-0.25, -0.2) is 17.6 Å². The highest BCUT2D eigenvalue weighted by Crippen LogP contribution is 2.39. The van der Waals surface area contributed by atoms with Gasteiger partial charge in [0.1, 0.15) is 11.5 Å². The number of alkyl halides is 1. The van der Waals surface area contributed by atoms with Gasteiger partial charge in [0.15, 0.2) is 34.7 Å². The lowest BCUT2D eigenvalue weighted by Crippen LogP contribution is -2.35. The first-order chi connectivity index (χ1) is 13.2. The minimum atomic E-state index is -5.49. The van der Waals surface area contributed by atoms with E-state index >= 15 is 0 Å². The first-order valence-corrected chi connectivity index (χ1v) is 10.1. The summed E-state index contributed by atoms with van der Waals surface area (Å²) in [6.07, 6.45) is -0.0487. The highest BCUT2D eigenvalue weighted by atomic mass is 32.2. The van der Waals surface area contributed by atoms with Crippen LogP contribution in [-0.2, 0) is 10.1 Å². The molecule has 1 fully saturated rings.